The van der Waals surface area contributed by atoms with Gasteiger partial charge in [0, 0.05) is 16.7 Å². The third-order valence-corrected chi connectivity index (χ3v) is 5.10. The molecule has 1 heterocycles. The van der Waals surface area contributed by atoms with E-state index in [1.54, 1.807) is 62.6 Å². The Morgan fingerprint density at radius 3 is 2.52 bits per heavy atom. The van der Waals surface area contributed by atoms with Crippen molar-refractivity contribution in [3.63, 3.8) is 0 Å². The number of para-hydroxylation sites is 1. The molecule has 0 aromatic heterocycles. The molecule has 3 aromatic carbocycles. The lowest BCUT2D eigenvalue weighted by Gasteiger charge is -2.12. The van der Waals surface area contributed by atoms with Gasteiger partial charge in [0.05, 0.1) is 19.8 Å². The summed E-state index contributed by atoms with van der Waals surface area (Å²) in [5.41, 5.74) is 2.23. The zero-order chi connectivity index (χ0) is 22.0. The van der Waals surface area contributed by atoms with Crippen molar-refractivity contribution in [1.82, 2.24) is 0 Å². The number of rotatable bonds is 6. The zero-order valence-electron chi connectivity index (χ0n) is 17.4. The first-order chi connectivity index (χ1) is 15.0. The van der Waals surface area contributed by atoms with Gasteiger partial charge in [-0.2, -0.15) is 0 Å². The number of fused-ring (bicyclic) bond motifs is 1. The molecule has 3 aromatic rings. The van der Waals surface area contributed by atoms with Gasteiger partial charge in [-0.3, -0.25) is 4.79 Å². The van der Waals surface area contributed by atoms with Gasteiger partial charge < -0.3 is 18.9 Å². The summed E-state index contributed by atoms with van der Waals surface area (Å²) in [7, 11) is 3.09. The molecule has 31 heavy (non-hydrogen) atoms. The number of ether oxygens (including phenoxy) is 4. The standard InChI is InChI=1S/C25H21FO5/c1-15-20(30-14-17-7-4-5-9-19(17)26)12-11-18-23(27)22(31-24(15)18)13-16-8-6-10-21(28-2)25(16)29-3/h4-13H,14H2,1-3H3/b22-13-. The van der Waals surface area contributed by atoms with Crippen LogP contribution in [0, 0.1) is 12.7 Å². The van der Waals surface area contributed by atoms with Crippen molar-refractivity contribution in [2.24, 2.45) is 0 Å². The van der Waals surface area contributed by atoms with E-state index in [1.807, 2.05) is 6.07 Å². The molecule has 0 atom stereocenters. The first-order valence-electron chi connectivity index (χ1n) is 9.68. The van der Waals surface area contributed by atoms with Crippen molar-refractivity contribution in [3.05, 3.63) is 88.4 Å². The number of carbonyl (C=O) groups excluding carboxylic acids is 1. The number of allylic oxidation sites excluding steroid dienone is 1. The van der Waals surface area contributed by atoms with Crippen LogP contribution in [-0.2, 0) is 6.61 Å². The van der Waals surface area contributed by atoms with Crippen LogP contribution in [0.5, 0.6) is 23.0 Å². The highest BCUT2D eigenvalue weighted by Gasteiger charge is 2.30. The molecule has 0 unspecified atom stereocenters. The molecule has 4 rings (SSSR count). The average molecular weight is 420 g/mol. The largest absolute Gasteiger partial charge is 0.493 e. The molecule has 0 bridgehead atoms. The van der Waals surface area contributed by atoms with Crippen molar-refractivity contribution in [3.8, 4) is 23.0 Å². The summed E-state index contributed by atoms with van der Waals surface area (Å²) < 4.78 is 36.3. The SMILES string of the molecule is COc1cccc(/C=C2\Oc3c(ccc(OCc4ccccc4F)c3C)C2=O)c1OC. The summed E-state index contributed by atoms with van der Waals surface area (Å²) in [6, 6.07) is 15.2. The van der Waals surface area contributed by atoms with Crippen LogP contribution in [-0.4, -0.2) is 20.0 Å². The molecule has 0 radical (unpaired) electrons. The smallest absolute Gasteiger partial charge is 0.231 e. The van der Waals surface area contributed by atoms with Gasteiger partial charge in [0.25, 0.3) is 0 Å². The van der Waals surface area contributed by atoms with E-state index in [0.29, 0.717) is 45.3 Å². The normalized spacial score (nSPS) is 13.7. The van der Waals surface area contributed by atoms with E-state index in [9.17, 15) is 9.18 Å². The minimum absolute atomic E-state index is 0.0734. The molecule has 0 N–H and O–H groups in total. The molecule has 0 saturated carbocycles. The van der Waals surface area contributed by atoms with Crippen LogP contribution in [0.1, 0.15) is 27.0 Å². The van der Waals surface area contributed by atoms with Crippen molar-refractivity contribution < 1.29 is 28.1 Å². The van der Waals surface area contributed by atoms with Gasteiger partial charge >= 0.3 is 0 Å². The van der Waals surface area contributed by atoms with Gasteiger partial charge in [0.2, 0.25) is 5.78 Å². The summed E-state index contributed by atoms with van der Waals surface area (Å²) in [6.07, 6.45) is 1.63. The molecule has 5 nitrogen and oxygen atoms in total. The van der Waals surface area contributed by atoms with Gasteiger partial charge in [0.15, 0.2) is 17.3 Å². The average Bonchev–Trinajstić information content (AvgIpc) is 3.10. The van der Waals surface area contributed by atoms with Crippen molar-refractivity contribution in [2.75, 3.05) is 14.2 Å². The second kappa shape index (κ2) is 8.52. The van der Waals surface area contributed by atoms with E-state index in [2.05, 4.69) is 0 Å². The molecule has 0 fully saturated rings. The number of halogens is 1. The zero-order valence-corrected chi connectivity index (χ0v) is 17.4. The number of hydrogen-bond acceptors (Lipinski definition) is 5. The molecular weight excluding hydrogens is 399 g/mol. The van der Waals surface area contributed by atoms with Gasteiger partial charge in [-0.25, -0.2) is 4.39 Å². The third kappa shape index (κ3) is 3.84. The first-order valence-corrected chi connectivity index (χ1v) is 9.68. The number of methoxy groups -OCH3 is 2. The third-order valence-electron chi connectivity index (χ3n) is 5.10. The number of carbonyl (C=O) groups is 1. The molecule has 1 aliphatic heterocycles. The molecule has 0 aliphatic carbocycles. The van der Waals surface area contributed by atoms with Gasteiger partial charge in [0.1, 0.15) is 23.9 Å². The van der Waals surface area contributed by atoms with E-state index in [4.69, 9.17) is 18.9 Å². The van der Waals surface area contributed by atoms with E-state index >= 15 is 0 Å². The van der Waals surface area contributed by atoms with Crippen LogP contribution in [0.3, 0.4) is 0 Å². The Hall–Kier alpha value is -3.80. The summed E-state index contributed by atoms with van der Waals surface area (Å²) in [6.45, 7) is 1.88. The lowest BCUT2D eigenvalue weighted by molar-refractivity contribution is 0.101. The number of Topliss-reactive ketones (excluding diaryl/α,β-unsaturated/α-hetero) is 1. The maximum Gasteiger partial charge on any atom is 0.231 e. The van der Waals surface area contributed by atoms with E-state index < -0.39 is 0 Å². The van der Waals surface area contributed by atoms with Crippen LogP contribution in [0.4, 0.5) is 4.39 Å². The Kier molecular flexibility index (Phi) is 5.62. The fourth-order valence-corrected chi connectivity index (χ4v) is 3.46. The van der Waals surface area contributed by atoms with Crippen molar-refractivity contribution in [1.29, 1.82) is 0 Å². The Balaban J connectivity index is 1.62. The Bertz CT molecular complexity index is 1180. The van der Waals surface area contributed by atoms with Gasteiger partial charge in [-0.05, 0) is 37.3 Å². The molecule has 6 heteroatoms. The number of hydrogen-bond donors (Lipinski definition) is 0. The molecule has 0 amide bonds. The lowest BCUT2D eigenvalue weighted by Crippen LogP contribution is -2.00. The maximum atomic E-state index is 13.9. The van der Waals surface area contributed by atoms with Gasteiger partial charge in [-0.15, -0.1) is 0 Å². The van der Waals surface area contributed by atoms with Crippen molar-refractivity contribution >= 4 is 11.9 Å². The highest BCUT2D eigenvalue weighted by molar-refractivity contribution is 6.15. The minimum atomic E-state index is -0.329. The molecular formula is C25H21FO5. The van der Waals surface area contributed by atoms with Crippen LogP contribution in [0.25, 0.3) is 6.08 Å². The summed E-state index contributed by atoms with van der Waals surface area (Å²) >= 11 is 0. The monoisotopic (exact) mass is 420 g/mol. The van der Waals surface area contributed by atoms with Crippen LogP contribution in [0.2, 0.25) is 0 Å². The fraction of sp³-hybridized carbons (Fsp3) is 0.160. The summed E-state index contributed by atoms with van der Waals surface area (Å²) in [5.74, 6) is 1.64. The van der Waals surface area contributed by atoms with Crippen molar-refractivity contribution in [2.45, 2.75) is 13.5 Å². The highest BCUT2D eigenvalue weighted by atomic mass is 19.1. The Morgan fingerprint density at radius 1 is 0.968 bits per heavy atom. The predicted molar refractivity (Wildman–Crippen MR) is 114 cm³/mol. The molecule has 0 saturated heterocycles. The van der Waals surface area contributed by atoms with Crippen LogP contribution >= 0.6 is 0 Å². The lowest BCUT2D eigenvalue weighted by atomic mass is 10.1. The number of benzene rings is 3. The van der Waals surface area contributed by atoms with Gasteiger partial charge in [-0.1, -0.05) is 30.3 Å². The topological polar surface area (TPSA) is 54.0 Å². The second-order valence-corrected chi connectivity index (χ2v) is 6.97. The van der Waals surface area contributed by atoms with Crippen LogP contribution in [0.15, 0.2) is 60.4 Å². The first kappa shape index (κ1) is 20.5. The Labute approximate surface area is 179 Å². The summed E-state index contributed by atoms with van der Waals surface area (Å²) in [4.78, 5) is 12.9. The maximum absolute atomic E-state index is 13.9. The number of ketones is 1. The second-order valence-electron chi connectivity index (χ2n) is 6.97. The summed E-state index contributed by atoms with van der Waals surface area (Å²) in [5, 5.41) is 0. The van der Waals surface area contributed by atoms with E-state index in [1.165, 1.54) is 13.2 Å². The van der Waals surface area contributed by atoms with E-state index in [0.717, 1.165) is 0 Å². The predicted octanol–water partition coefficient (Wildman–Crippen LogP) is 5.35. The molecule has 1 aliphatic rings. The quantitative estimate of drug-likeness (QED) is 0.504. The molecule has 158 valence electrons. The van der Waals surface area contributed by atoms with Crippen LogP contribution < -0.4 is 18.9 Å². The Morgan fingerprint density at radius 2 is 1.77 bits per heavy atom. The minimum Gasteiger partial charge on any atom is -0.493 e. The van der Waals surface area contributed by atoms with E-state index in [-0.39, 0.29) is 24.0 Å². The highest BCUT2D eigenvalue weighted by Crippen LogP contribution is 2.40. The fourth-order valence-electron chi connectivity index (χ4n) is 3.46. The molecule has 0 spiro atoms.